The Balaban J connectivity index is 1.84. The van der Waals surface area contributed by atoms with Crippen LogP contribution in [0.25, 0.3) is 0 Å². The van der Waals surface area contributed by atoms with Gasteiger partial charge in [-0.1, -0.05) is 41.9 Å². The molecule has 7 nitrogen and oxygen atoms in total. The van der Waals surface area contributed by atoms with Crippen LogP contribution in [0.15, 0.2) is 36.5 Å². The second kappa shape index (κ2) is 7.48. The second-order valence-electron chi connectivity index (χ2n) is 5.72. The average molecular weight is 361 g/mol. The van der Waals surface area contributed by atoms with Crippen LogP contribution in [0.3, 0.4) is 0 Å². The van der Waals surface area contributed by atoms with Gasteiger partial charge in [0.25, 0.3) is 5.91 Å². The number of hydrogen-bond donors (Lipinski definition) is 2. The van der Waals surface area contributed by atoms with Gasteiger partial charge in [0.1, 0.15) is 0 Å². The zero-order chi connectivity index (χ0) is 17.8. The number of aliphatic carboxylic acids is 1. The van der Waals surface area contributed by atoms with Crippen LogP contribution in [0.1, 0.15) is 34.9 Å². The topological polar surface area (TPSA) is 95.4 Å². The lowest BCUT2D eigenvalue weighted by Gasteiger charge is -2.17. The summed E-state index contributed by atoms with van der Waals surface area (Å²) < 4.78 is 0. The summed E-state index contributed by atoms with van der Waals surface area (Å²) in [5.74, 6) is -1.38. The molecule has 1 saturated heterocycles. The molecule has 1 unspecified atom stereocenters. The number of anilines is 1. The van der Waals surface area contributed by atoms with Crippen LogP contribution in [0.4, 0.5) is 5.95 Å². The SMILES string of the molecule is O=C(NC(C(=O)O)c1ccccc1)c1nc(N2CCCC2)ncc1Cl. The molecule has 1 aliphatic rings. The van der Waals surface area contributed by atoms with Crippen molar-refractivity contribution in [3.05, 3.63) is 52.8 Å². The molecule has 0 spiro atoms. The molecule has 0 bridgehead atoms. The average Bonchev–Trinajstić information content (AvgIpc) is 3.15. The first-order valence-corrected chi connectivity index (χ1v) is 8.30. The van der Waals surface area contributed by atoms with Crippen molar-refractivity contribution in [1.82, 2.24) is 15.3 Å². The van der Waals surface area contributed by atoms with Gasteiger partial charge in [0.2, 0.25) is 5.95 Å². The zero-order valence-corrected chi connectivity index (χ0v) is 14.1. The molecular formula is C17H17ClN4O3. The Morgan fingerprint density at radius 2 is 1.88 bits per heavy atom. The molecule has 1 fully saturated rings. The highest BCUT2D eigenvalue weighted by atomic mass is 35.5. The summed E-state index contributed by atoms with van der Waals surface area (Å²) in [7, 11) is 0. The Bertz CT molecular complexity index is 779. The van der Waals surface area contributed by atoms with E-state index in [0.717, 1.165) is 25.9 Å². The molecule has 2 N–H and O–H groups in total. The molecule has 1 atom stereocenters. The molecule has 1 aromatic carbocycles. The Labute approximate surface area is 149 Å². The van der Waals surface area contributed by atoms with E-state index >= 15 is 0 Å². The van der Waals surface area contributed by atoms with Crippen molar-refractivity contribution in [3.63, 3.8) is 0 Å². The quantitative estimate of drug-likeness (QED) is 0.849. The smallest absolute Gasteiger partial charge is 0.330 e. The first-order valence-electron chi connectivity index (χ1n) is 7.92. The van der Waals surface area contributed by atoms with E-state index in [1.54, 1.807) is 30.3 Å². The maximum absolute atomic E-state index is 12.6. The summed E-state index contributed by atoms with van der Waals surface area (Å²) in [6.07, 6.45) is 3.46. The van der Waals surface area contributed by atoms with Gasteiger partial charge in [-0.15, -0.1) is 0 Å². The summed E-state index contributed by atoms with van der Waals surface area (Å²) in [5, 5.41) is 12.0. The van der Waals surface area contributed by atoms with Gasteiger partial charge in [-0.25, -0.2) is 14.8 Å². The van der Waals surface area contributed by atoms with Crippen LogP contribution >= 0.6 is 11.6 Å². The van der Waals surface area contributed by atoms with Crippen molar-refractivity contribution >= 4 is 29.4 Å². The van der Waals surface area contributed by atoms with Crippen molar-refractivity contribution < 1.29 is 14.7 Å². The minimum atomic E-state index is -1.19. The van der Waals surface area contributed by atoms with E-state index in [0.29, 0.717) is 11.5 Å². The number of hydrogen-bond acceptors (Lipinski definition) is 5. The number of carbonyl (C=O) groups is 2. The molecule has 8 heteroatoms. The monoisotopic (exact) mass is 360 g/mol. The van der Waals surface area contributed by atoms with Crippen LogP contribution in [0, 0.1) is 0 Å². The molecule has 2 heterocycles. The third-order valence-corrected chi connectivity index (χ3v) is 4.27. The van der Waals surface area contributed by atoms with Crippen LogP contribution in [0.5, 0.6) is 0 Å². The highest BCUT2D eigenvalue weighted by Crippen LogP contribution is 2.21. The molecular weight excluding hydrogens is 344 g/mol. The summed E-state index contributed by atoms with van der Waals surface area (Å²) >= 11 is 6.06. The number of rotatable bonds is 5. The van der Waals surface area contributed by atoms with Crippen molar-refractivity contribution in [2.24, 2.45) is 0 Å². The highest BCUT2D eigenvalue weighted by Gasteiger charge is 2.25. The minimum absolute atomic E-state index is 0.0271. The molecule has 25 heavy (non-hydrogen) atoms. The van der Waals surface area contributed by atoms with Crippen LogP contribution in [-0.4, -0.2) is 40.0 Å². The van der Waals surface area contributed by atoms with Gasteiger partial charge in [-0.3, -0.25) is 4.79 Å². The Hall–Kier alpha value is -2.67. The Morgan fingerprint density at radius 3 is 2.52 bits per heavy atom. The number of aromatic nitrogens is 2. The maximum atomic E-state index is 12.6. The molecule has 0 radical (unpaired) electrons. The number of carboxylic acid groups (broad SMARTS) is 1. The van der Waals surface area contributed by atoms with Crippen LogP contribution in [0.2, 0.25) is 5.02 Å². The molecule has 3 rings (SSSR count). The lowest BCUT2D eigenvalue weighted by molar-refractivity contribution is -0.139. The number of benzene rings is 1. The number of halogens is 1. The standard InChI is InChI=1S/C17H17ClN4O3/c18-12-10-19-17(22-8-4-5-9-22)21-14(12)15(23)20-13(16(24)25)11-6-2-1-3-7-11/h1-3,6-7,10,13H,4-5,8-9H2,(H,20,23)(H,24,25). The van der Waals surface area contributed by atoms with Gasteiger partial charge >= 0.3 is 5.97 Å². The maximum Gasteiger partial charge on any atom is 0.330 e. The zero-order valence-electron chi connectivity index (χ0n) is 13.4. The van der Waals surface area contributed by atoms with Crippen molar-refractivity contribution in [1.29, 1.82) is 0 Å². The molecule has 1 aliphatic heterocycles. The van der Waals surface area contributed by atoms with E-state index in [4.69, 9.17) is 11.6 Å². The van der Waals surface area contributed by atoms with Gasteiger partial charge in [0.15, 0.2) is 11.7 Å². The normalized spacial score (nSPS) is 15.0. The number of amides is 1. The molecule has 0 saturated carbocycles. The third-order valence-electron chi connectivity index (χ3n) is 3.99. The van der Waals surface area contributed by atoms with Gasteiger partial charge in [-0.05, 0) is 18.4 Å². The predicted octanol–water partition coefficient (Wildman–Crippen LogP) is 2.29. The number of nitrogens with one attached hydrogen (secondary N) is 1. The Morgan fingerprint density at radius 1 is 1.20 bits per heavy atom. The van der Waals surface area contributed by atoms with Crippen LogP contribution < -0.4 is 10.2 Å². The van der Waals surface area contributed by atoms with Gasteiger partial charge in [0, 0.05) is 13.1 Å². The van der Waals surface area contributed by atoms with Gasteiger partial charge in [0.05, 0.1) is 11.2 Å². The summed E-state index contributed by atoms with van der Waals surface area (Å²) in [5.41, 5.74) is 0.439. The Kier molecular flexibility index (Phi) is 5.14. The molecule has 1 amide bonds. The van der Waals surface area contributed by atoms with Gasteiger partial charge in [-0.2, -0.15) is 0 Å². The summed E-state index contributed by atoms with van der Waals surface area (Å²) in [6, 6.07) is 7.27. The fourth-order valence-electron chi connectivity index (χ4n) is 2.72. The van der Waals surface area contributed by atoms with Crippen molar-refractivity contribution in [2.75, 3.05) is 18.0 Å². The second-order valence-corrected chi connectivity index (χ2v) is 6.12. The molecule has 1 aromatic heterocycles. The lowest BCUT2D eigenvalue weighted by atomic mass is 10.1. The number of carboxylic acids is 1. The molecule has 130 valence electrons. The predicted molar refractivity (Wildman–Crippen MR) is 92.8 cm³/mol. The van der Waals surface area contributed by atoms with Gasteiger partial charge < -0.3 is 15.3 Å². The van der Waals surface area contributed by atoms with E-state index in [9.17, 15) is 14.7 Å². The summed E-state index contributed by atoms with van der Waals surface area (Å²) in [4.78, 5) is 34.5. The third kappa shape index (κ3) is 3.88. The van der Waals surface area contributed by atoms with E-state index < -0.39 is 17.9 Å². The van der Waals surface area contributed by atoms with E-state index in [1.165, 1.54) is 6.20 Å². The molecule has 2 aromatic rings. The number of nitrogens with zero attached hydrogens (tertiary/aromatic N) is 3. The minimum Gasteiger partial charge on any atom is -0.479 e. The van der Waals surface area contributed by atoms with Crippen molar-refractivity contribution in [2.45, 2.75) is 18.9 Å². The largest absolute Gasteiger partial charge is 0.479 e. The fraction of sp³-hybridized carbons (Fsp3) is 0.294. The molecule has 0 aliphatic carbocycles. The summed E-state index contributed by atoms with van der Waals surface area (Å²) in [6.45, 7) is 1.65. The van der Waals surface area contributed by atoms with E-state index in [1.807, 2.05) is 4.90 Å². The fourth-order valence-corrected chi connectivity index (χ4v) is 2.90. The highest BCUT2D eigenvalue weighted by molar-refractivity contribution is 6.33. The number of carbonyl (C=O) groups excluding carboxylic acids is 1. The van der Waals surface area contributed by atoms with E-state index in [-0.39, 0.29) is 10.7 Å². The van der Waals surface area contributed by atoms with E-state index in [2.05, 4.69) is 15.3 Å². The van der Waals surface area contributed by atoms with Crippen molar-refractivity contribution in [3.8, 4) is 0 Å². The first-order chi connectivity index (χ1) is 12.1. The first kappa shape index (κ1) is 17.2. The lowest BCUT2D eigenvalue weighted by Crippen LogP contribution is -2.34. The van der Waals surface area contributed by atoms with Crippen LogP contribution in [-0.2, 0) is 4.79 Å².